The minimum Gasteiger partial charge on any atom is -0.488 e. The van der Waals surface area contributed by atoms with Gasteiger partial charge in [-0.15, -0.1) is 13.2 Å². The highest BCUT2D eigenvalue weighted by molar-refractivity contribution is 7.85. The van der Waals surface area contributed by atoms with Crippen molar-refractivity contribution in [3.05, 3.63) is 72.3 Å². The standard InChI is InChI=1S/C26H22F7NO6S/c1-41(35,36)38-12-11-34-21-10-4-9-20(16-5-2-8-19(13-16)40-26(31,32)33)23(21)37-15-22(34)17-6-3-7-18(14-17)39-25(29,30)24(27)28/h2-10,13-14,22,24H,11-12,15H2,1H3. The molecule has 7 nitrogen and oxygen atoms in total. The van der Waals surface area contributed by atoms with Crippen molar-refractivity contribution in [2.45, 2.75) is 24.9 Å². The molecule has 0 fully saturated rings. The molecule has 1 heterocycles. The quantitative estimate of drug-likeness (QED) is 0.195. The summed E-state index contributed by atoms with van der Waals surface area (Å²) in [4.78, 5) is 1.65. The third kappa shape index (κ3) is 7.73. The van der Waals surface area contributed by atoms with E-state index in [-0.39, 0.29) is 25.5 Å². The van der Waals surface area contributed by atoms with E-state index in [1.54, 1.807) is 23.1 Å². The molecular formula is C26H22F7NO6S. The summed E-state index contributed by atoms with van der Waals surface area (Å²) in [6.07, 6.45) is -12.9. The first-order chi connectivity index (χ1) is 19.1. The Morgan fingerprint density at radius 2 is 1.61 bits per heavy atom. The molecule has 41 heavy (non-hydrogen) atoms. The van der Waals surface area contributed by atoms with E-state index >= 15 is 0 Å². The molecule has 0 saturated heterocycles. The molecule has 1 atom stereocenters. The molecule has 0 amide bonds. The molecule has 0 spiro atoms. The maximum atomic E-state index is 13.5. The minimum absolute atomic E-state index is 0.0624. The van der Waals surface area contributed by atoms with E-state index in [4.69, 9.17) is 8.92 Å². The summed E-state index contributed by atoms with van der Waals surface area (Å²) in [6.45, 7) is -0.531. The van der Waals surface area contributed by atoms with Crippen LogP contribution in [-0.2, 0) is 14.3 Å². The van der Waals surface area contributed by atoms with Crippen LogP contribution < -0.4 is 19.1 Å². The van der Waals surface area contributed by atoms with Gasteiger partial charge in [-0.1, -0.05) is 36.4 Å². The Bertz CT molecular complexity index is 1480. The lowest BCUT2D eigenvalue weighted by molar-refractivity contribution is -0.274. The molecule has 0 radical (unpaired) electrons. The number of nitrogens with zero attached hydrogens (tertiary/aromatic N) is 1. The van der Waals surface area contributed by atoms with Gasteiger partial charge in [-0.3, -0.25) is 4.18 Å². The van der Waals surface area contributed by atoms with Gasteiger partial charge in [-0.2, -0.15) is 26.0 Å². The third-order valence-electron chi connectivity index (χ3n) is 5.82. The minimum atomic E-state index is -4.91. The molecule has 0 aromatic heterocycles. The summed E-state index contributed by atoms with van der Waals surface area (Å²) < 4.78 is 133. The first-order valence-corrected chi connectivity index (χ1v) is 13.6. The number of rotatable bonds is 10. The Morgan fingerprint density at radius 3 is 2.27 bits per heavy atom. The summed E-state index contributed by atoms with van der Waals surface area (Å²) >= 11 is 0. The van der Waals surface area contributed by atoms with Crippen LogP contribution in [0.4, 0.5) is 36.4 Å². The maximum Gasteiger partial charge on any atom is 0.573 e. The van der Waals surface area contributed by atoms with Crippen molar-refractivity contribution in [1.82, 2.24) is 0 Å². The summed E-state index contributed by atoms with van der Waals surface area (Å²) in [7, 11) is -3.83. The highest BCUT2D eigenvalue weighted by Crippen LogP contribution is 2.46. The molecule has 222 valence electrons. The Balaban J connectivity index is 1.72. The number of alkyl halides is 7. The van der Waals surface area contributed by atoms with Gasteiger partial charge in [-0.25, -0.2) is 0 Å². The van der Waals surface area contributed by atoms with Crippen molar-refractivity contribution in [3.63, 3.8) is 0 Å². The number of para-hydroxylation sites is 1. The Hall–Kier alpha value is -3.72. The lowest BCUT2D eigenvalue weighted by Crippen LogP contribution is -2.39. The number of fused-ring (bicyclic) bond motifs is 1. The van der Waals surface area contributed by atoms with Crippen molar-refractivity contribution in [2.24, 2.45) is 0 Å². The van der Waals surface area contributed by atoms with Gasteiger partial charge in [0.25, 0.3) is 10.1 Å². The third-order valence-corrected chi connectivity index (χ3v) is 6.42. The van der Waals surface area contributed by atoms with Gasteiger partial charge in [-0.05, 0) is 41.5 Å². The first-order valence-electron chi connectivity index (χ1n) is 11.8. The van der Waals surface area contributed by atoms with Gasteiger partial charge in [0, 0.05) is 12.1 Å². The molecule has 0 aliphatic carbocycles. The normalized spacial score (nSPS) is 15.8. The molecule has 0 saturated carbocycles. The maximum absolute atomic E-state index is 13.5. The second-order valence-electron chi connectivity index (χ2n) is 8.81. The Morgan fingerprint density at radius 1 is 0.951 bits per heavy atom. The number of benzene rings is 3. The molecule has 1 unspecified atom stereocenters. The molecule has 15 heteroatoms. The fourth-order valence-corrected chi connectivity index (χ4v) is 4.61. The second kappa shape index (κ2) is 11.6. The predicted octanol–water partition coefficient (Wildman–Crippen LogP) is 6.41. The van der Waals surface area contributed by atoms with Crippen LogP contribution in [0.15, 0.2) is 66.7 Å². The SMILES string of the molecule is CS(=O)(=O)OCCN1c2cccc(-c3cccc(OC(F)(F)F)c3)c2OCC1c1cccc(OC(F)(F)C(F)F)c1. The van der Waals surface area contributed by atoms with Crippen LogP contribution in [0.2, 0.25) is 0 Å². The molecule has 0 N–H and O–H groups in total. The number of ether oxygens (including phenoxy) is 3. The molecule has 4 rings (SSSR count). The van der Waals surface area contributed by atoms with Crippen LogP contribution in [0.3, 0.4) is 0 Å². The van der Waals surface area contributed by atoms with Gasteiger partial charge in [0.15, 0.2) is 5.75 Å². The van der Waals surface area contributed by atoms with Crippen LogP contribution in [0, 0.1) is 0 Å². The Kier molecular flexibility index (Phi) is 8.59. The predicted molar refractivity (Wildman–Crippen MR) is 133 cm³/mol. The van der Waals surface area contributed by atoms with E-state index in [2.05, 4.69) is 9.47 Å². The molecule has 0 bridgehead atoms. The summed E-state index contributed by atoms with van der Waals surface area (Å²) in [5.74, 6) is -0.762. The van der Waals surface area contributed by atoms with Crippen molar-refractivity contribution < 1.29 is 57.5 Å². The fourth-order valence-electron chi connectivity index (χ4n) is 4.24. The van der Waals surface area contributed by atoms with Gasteiger partial charge in [0.05, 0.1) is 24.6 Å². The second-order valence-corrected chi connectivity index (χ2v) is 10.5. The fraction of sp³-hybridized carbons (Fsp3) is 0.308. The van der Waals surface area contributed by atoms with Gasteiger partial charge in [0.2, 0.25) is 0 Å². The van der Waals surface area contributed by atoms with E-state index in [0.29, 0.717) is 22.4 Å². The van der Waals surface area contributed by atoms with E-state index in [0.717, 1.165) is 24.5 Å². The summed E-state index contributed by atoms with van der Waals surface area (Å²) in [5, 5.41) is 0. The number of hydrogen-bond donors (Lipinski definition) is 0. The largest absolute Gasteiger partial charge is 0.573 e. The van der Waals surface area contributed by atoms with Crippen LogP contribution >= 0.6 is 0 Å². The van der Waals surface area contributed by atoms with E-state index in [1.807, 2.05) is 0 Å². The van der Waals surface area contributed by atoms with Crippen LogP contribution in [0.5, 0.6) is 17.2 Å². The van der Waals surface area contributed by atoms with Crippen molar-refractivity contribution in [3.8, 4) is 28.4 Å². The number of hydrogen-bond acceptors (Lipinski definition) is 7. The van der Waals surface area contributed by atoms with Crippen LogP contribution in [0.1, 0.15) is 11.6 Å². The van der Waals surface area contributed by atoms with E-state index in [9.17, 15) is 39.2 Å². The lowest BCUT2D eigenvalue weighted by Gasteiger charge is -2.39. The topological polar surface area (TPSA) is 74.3 Å². The number of anilines is 1. The zero-order chi connectivity index (χ0) is 30.0. The zero-order valence-electron chi connectivity index (χ0n) is 21.1. The first kappa shape index (κ1) is 30.2. The summed E-state index contributed by atoms with van der Waals surface area (Å²) in [5.41, 5.74) is 1.39. The monoisotopic (exact) mass is 609 g/mol. The smallest absolute Gasteiger partial charge is 0.488 e. The molecule has 3 aromatic carbocycles. The average Bonchev–Trinajstić information content (AvgIpc) is 2.86. The van der Waals surface area contributed by atoms with E-state index < -0.39 is 46.6 Å². The van der Waals surface area contributed by atoms with Crippen molar-refractivity contribution in [2.75, 3.05) is 30.9 Å². The van der Waals surface area contributed by atoms with Crippen molar-refractivity contribution in [1.29, 1.82) is 0 Å². The highest BCUT2D eigenvalue weighted by atomic mass is 32.2. The molecule has 1 aliphatic rings. The molecular weight excluding hydrogens is 587 g/mol. The lowest BCUT2D eigenvalue weighted by atomic mass is 9.98. The van der Waals surface area contributed by atoms with Crippen LogP contribution in [-0.4, -0.2) is 53.3 Å². The molecule has 3 aromatic rings. The number of halogens is 7. The molecule has 1 aliphatic heterocycles. The zero-order valence-corrected chi connectivity index (χ0v) is 21.9. The van der Waals surface area contributed by atoms with Gasteiger partial charge < -0.3 is 19.1 Å². The van der Waals surface area contributed by atoms with Crippen LogP contribution in [0.25, 0.3) is 11.1 Å². The van der Waals surface area contributed by atoms with Crippen molar-refractivity contribution >= 4 is 15.8 Å². The highest BCUT2D eigenvalue weighted by Gasteiger charge is 2.44. The van der Waals surface area contributed by atoms with E-state index in [1.165, 1.54) is 30.3 Å². The van der Waals surface area contributed by atoms with Gasteiger partial charge >= 0.3 is 18.9 Å². The average molecular weight is 610 g/mol. The summed E-state index contributed by atoms with van der Waals surface area (Å²) in [6, 6.07) is 14.2. The van der Waals surface area contributed by atoms with Gasteiger partial charge in [0.1, 0.15) is 18.1 Å². The Labute approximate surface area is 230 Å².